The molecule has 0 unspecified atom stereocenters. The minimum Gasteiger partial charge on any atom is -0.507 e. The smallest absolute Gasteiger partial charge is 0.295 e. The summed E-state index contributed by atoms with van der Waals surface area (Å²) >= 11 is 0. The summed E-state index contributed by atoms with van der Waals surface area (Å²) in [5, 5.41) is 10.9. The summed E-state index contributed by atoms with van der Waals surface area (Å²) in [4.78, 5) is 28.8. The van der Waals surface area contributed by atoms with Crippen molar-refractivity contribution in [1.82, 2.24) is 4.90 Å². The third-order valence-corrected chi connectivity index (χ3v) is 5.90. The van der Waals surface area contributed by atoms with Gasteiger partial charge < -0.3 is 19.6 Å². The summed E-state index contributed by atoms with van der Waals surface area (Å²) in [5.74, 6) is -2.06. The monoisotopic (exact) mass is 425 g/mol. The summed E-state index contributed by atoms with van der Waals surface area (Å²) in [5.41, 5.74) is 1.10. The zero-order chi connectivity index (χ0) is 21.8. The Morgan fingerprint density at radius 3 is 2.42 bits per heavy atom. The highest BCUT2D eigenvalue weighted by molar-refractivity contribution is 6.46. The van der Waals surface area contributed by atoms with Gasteiger partial charge >= 0.3 is 0 Å². The second kappa shape index (κ2) is 9.41. The van der Waals surface area contributed by atoms with Crippen molar-refractivity contribution in [2.45, 2.75) is 12.5 Å². The molecule has 4 rings (SSSR count). The van der Waals surface area contributed by atoms with E-state index in [1.807, 2.05) is 30.3 Å². The molecule has 0 radical (unpaired) electrons. The zero-order valence-electron chi connectivity index (χ0n) is 17.2. The number of hydrogen-bond donors (Lipinski definition) is 2. The highest BCUT2D eigenvalue weighted by atomic mass is 19.1. The fourth-order valence-electron chi connectivity index (χ4n) is 4.27. The molecule has 0 aliphatic carbocycles. The Hall–Kier alpha value is -3.03. The van der Waals surface area contributed by atoms with Crippen molar-refractivity contribution in [2.24, 2.45) is 0 Å². The van der Waals surface area contributed by atoms with E-state index < -0.39 is 23.5 Å². The fraction of sp³-hybridized carbons (Fsp3) is 0.333. The lowest BCUT2D eigenvalue weighted by Crippen LogP contribution is -3.14. The molecule has 1 amide bonds. The maximum absolute atomic E-state index is 13.3. The van der Waals surface area contributed by atoms with Crippen LogP contribution in [0.5, 0.6) is 0 Å². The van der Waals surface area contributed by atoms with Crippen molar-refractivity contribution in [2.75, 3.05) is 39.4 Å². The number of Topliss-reactive ketones (excluding diaryl/α,β-unsaturated/α-hetero) is 1. The predicted octanol–water partition coefficient (Wildman–Crippen LogP) is 1.55. The molecule has 6 nitrogen and oxygen atoms in total. The number of morpholine rings is 1. The molecular formula is C24H26FN2O4+. The van der Waals surface area contributed by atoms with E-state index in [0.29, 0.717) is 12.1 Å². The molecular weight excluding hydrogens is 399 g/mol. The average Bonchev–Trinajstić information content (AvgIpc) is 3.05. The maximum atomic E-state index is 13.3. The van der Waals surface area contributed by atoms with E-state index in [2.05, 4.69) is 0 Å². The molecule has 0 saturated carbocycles. The number of rotatable bonds is 6. The summed E-state index contributed by atoms with van der Waals surface area (Å²) in [6.45, 7) is 4.64. The number of aliphatic hydroxyl groups excluding tert-OH is 1. The first-order valence-corrected chi connectivity index (χ1v) is 10.6. The number of benzene rings is 2. The summed E-state index contributed by atoms with van der Waals surface area (Å²) in [6, 6.07) is 13.8. The van der Waals surface area contributed by atoms with E-state index in [4.69, 9.17) is 4.74 Å². The first-order valence-electron chi connectivity index (χ1n) is 10.6. The number of quaternary nitrogens is 1. The van der Waals surface area contributed by atoms with Crippen LogP contribution in [0, 0.1) is 5.82 Å². The number of carbonyl (C=O) groups is 2. The summed E-state index contributed by atoms with van der Waals surface area (Å²) in [6.07, 6.45) is 0.738. The second-order valence-corrected chi connectivity index (χ2v) is 7.88. The Bertz CT molecular complexity index is 969. The van der Waals surface area contributed by atoms with Crippen LogP contribution in [0.2, 0.25) is 0 Å². The number of amides is 1. The fourth-order valence-corrected chi connectivity index (χ4v) is 4.27. The minimum atomic E-state index is -0.714. The Labute approximate surface area is 180 Å². The van der Waals surface area contributed by atoms with Gasteiger partial charge in [0.1, 0.15) is 24.7 Å². The van der Waals surface area contributed by atoms with Crippen LogP contribution in [0.25, 0.3) is 5.76 Å². The van der Waals surface area contributed by atoms with Crippen molar-refractivity contribution in [3.8, 4) is 0 Å². The normalized spacial score (nSPS) is 21.6. The van der Waals surface area contributed by atoms with Crippen LogP contribution in [0.4, 0.5) is 4.39 Å². The van der Waals surface area contributed by atoms with Gasteiger partial charge in [-0.2, -0.15) is 0 Å². The van der Waals surface area contributed by atoms with Gasteiger partial charge in [-0.05, 0) is 29.8 Å². The Kier molecular flexibility index (Phi) is 6.44. The lowest BCUT2D eigenvalue weighted by Gasteiger charge is -2.27. The molecule has 162 valence electrons. The van der Waals surface area contributed by atoms with Gasteiger partial charge in [-0.25, -0.2) is 4.39 Å². The van der Waals surface area contributed by atoms with Gasteiger partial charge in [0.05, 0.1) is 31.4 Å². The number of nitrogens with zero attached hydrogens (tertiary/aromatic N) is 1. The maximum Gasteiger partial charge on any atom is 0.295 e. The molecule has 2 fully saturated rings. The number of hydrogen-bond acceptors (Lipinski definition) is 4. The van der Waals surface area contributed by atoms with Crippen molar-refractivity contribution in [3.05, 3.63) is 77.1 Å². The van der Waals surface area contributed by atoms with E-state index in [9.17, 15) is 19.1 Å². The number of aliphatic hydroxyl groups is 1. The lowest BCUT2D eigenvalue weighted by molar-refractivity contribution is -0.908. The van der Waals surface area contributed by atoms with Gasteiger partial charge in [0.25, 0.3) is 11.7 Å². The quantitative estimate of drug-likeness (QED) is 0.419. The van der Waals surface area contributed by atoms with Crippen molar-refractivity contribution >= 4 is 17.4 Å². The Morgan fingerprint density at radius 1 is 1.06 bits per heavy atom. The van der Waals surface area contributed by atoms with Crippen LogP contribution in [-0.2, 0) is 14.3 Å². The van der Waals surface area contributed by atoms with Crippen molar-refractivity contribution in [1.29, 1.82) is 0 Å². The minimum absolute atomic E-state index is 0.0431. The largest absolute Gasteiger partial charge is 0.507 e. The Balaban J connectivity index is 1.64. The molecule has 31 heavy (non-hydrogen) atoms. The van der Waals surface area contributed by atoms with Crippen LogP contribution in [-0.4, -0.2) is 61.1 Å². The lowest BCUT2D eigenvalue weighted by atomic mass is 9.95. The highest BCUT2D eigenvalue weighted by Crippen LogP contribution is 2.39. The van der Waals surface area contributed by atoms with E-state index in [0.717, 1.165) is 44.8 Å². The number of likely N-dealkylation sites (tertiary alicyclic amines) is 1. The first-order chi connectivity index (χ1) is 15.1. The summed E-state index contributed by atoms with van der Waals surface area (Å²) < 4.78 is 18.7. The number of nitrogens with one attached hydrogen (secondary N) is 1. The molecule has 0 bridgehead atoms. The third kappa shape index (κ3) is 4.52. The second-order valence-electron chi connectivity index (χ2n) is 7.88. The molecule has 2 aliphatic rings. The van der Waals surface area contributed by atoms with Gasteiger partial charge in [-0.3, -0.25) is 9.59 Å². The van der Waals surface area contributed by atoms with Crippen LogP contribution in [0.1, 0.15) is 23.6 Å². The molecule has 2 saturated heterocycles. The topological polar surface area (TPSA) is 71.3 Å². The number of carbonyl (C=O) groups excluding carboxylic acids is 2. The van der Waals surface area contributed by atoms with Crippen LogP contribution < -0.4 is 4.90 Å². The molecule has 7 heteroatoms. The third-order valence-electron chi connectivity index (χ3n) is 5.90. The average molecular weight is 425 g/mol. The number of ether oxygens (including phenoxy) is 1. The molecule has 2 N–H and O–H groups in total. The van der Waals surface area contributed by atoms with Gasteiger partial charge in [0, 0.05) is 18.5 Å². The highest BCUT2D eigenvalue weighted by Gasteiger charge is 2.45. The predicted molar refractivity (Wildman–Crippen MR) is 113 cm³/mol. The van der Waals surface area contributed by atoms with Crippen molar-refractivity contribution in [3.63, 3.8) is 0 Å². The van der Waals surface area contributed by atoms with E-state index in [1.54, 1.807) is 4.90 Å². The van der Waals surface area contributed by atoms with Gasteiger partial charge in [0.15, 0.2) is 0 Å². The van der Waals surface area contributed by atoms with Crippen LogP contribution >= 0.6 is 0 Å². The van der Waals surface area contributed by atoms with E-state index >= 15 is 0 Å². The summed E-state index contributed by atoms with van der Waals surface area (Å²) in [7, 11) is 0. The van der Waals surface area contributed by atoms with Crippen molar-refractivity contribution < 1.29 is 28.7 Å². The zero-order valence-corrected chi connectivity index (χ0v) is 17.2. The molecule has 2 heterocycles. The molecule has 1 atom stereocenters. The van der Waals surface area contributed by atoms with E-state index in [-0.39, 0.29) is 11.3 Å². The molecule has 0 spiro atoms. The van der Waals surface area contributed by atoms with Crippen LogP contribution in [0.3, 0.4) is 0 Å². The van der Waals surface area contributed by atoms with E-state index in [1.165, 1.54) is 29.2 Å². The SMILES string of the molecule is O=C1C(=O)N(CCC[NH+]2CCOCC2)[C@H](c2ccccc2)/C1=C(\O)c1ccc(F)cc1. The Morgan fingerprint density at radius 2 is 1.74 bits per heavy atom. The van der Waals surface area contributed by atoms with Gasteiger partial charge in [0.2, 0.25) is 0 Å². The molecule has 2 aliphatic heterocycles. The molecule has 2 aromatic rings. The number of ketones is 1. The van der Waals surface area contributed by atoms with Gasteiger partial charge in [-0.15, -0.1) is 0 Å². The van der Waals surface area contributed by atoms with Gasteiger partial charge in [-0.1, -0.05) is 30.3 Å². The first kappa shape index (κ1) is 21.2. The van der Waals surface area contributed by atoms with Crippen LogP contribution in [0.15, 0.2) is 60.2 Å². The number of halogens is 1. The standard InChI is InChI=1S/C24H25FN2O4/c25-19-9-7-18(8-10-19)22(28)20-21(17-5-2-1-3-6-17)27(24(30)23(20)29)12-4-11-26-13-15-31-16-14-26/h1-3,5-10,21,28H,4,11-16H2/p+1/b22-20+/t21-/m1/s1. The molecule has 0 aromatic heterocycles. The molecule has 2 aromatic carbocycles.